The Hall–Kier alpha value is -3.69. The highest BCUT2D eigenvalue weighted by atomic mass is 16.5. The first-order valence-corrected chi connectivity index (χ1v) is 11.7. The Kier molecular flexibility index (Phi) is 4.72. The van der Waals surface area contributed by atoms with Crippen molar-refractivity contribution in [3.8, 4) is 17.0 Å². The average Bonchev–Trinajstić information content (AvgIpc) is 3.41. The first kappa shape index (κ1) is 20.9. The van der Waals surface area contributed by atoms with Crippen LogP contribution >= 0.6 is 0 Å². The summed E-state index contributed by atoms with van der Waals surface area (Å²) in [5, 5.41) is 12.7. The van der Waals surface area contributed by atoms with Crippen LogP contribution in [0.5, 0.6) is 5.88 Å². The molecule has 2 N–H and O–H groups in total. The van der Waals surface area contributed by atoms with E-state index in [0.29, 0.717) is 23.3 Å². The molecule has 5 heterocycles. The number of aryl methyl sites for hydroxylation is 1. The number of carbonyl (C=O) groups excluding carboxylic acids is 1. The van der Waals surface area contributed by atoms with E-state index in [2.05, 4.69) is 20.5 Å². The topological polar surface area (TPSA) is 113 Å². The van der Waals surface area contributed by atoms with Crippen molar-refractivity contribution in [1.29, 1.82) is 0 Å². The molecule has 0 aromatic carbocycles. The van der Waals surface area contributed by atoms with Crippen LogP contribution in [0, 0.1) is 12.3 Å². The summed E-state index contributed by atoms with van der Waals surface area (Å²) in [6.45, 7) is 5.38. The summed E-state index contributed by atoms with van der Waals surface area (Å²) < 4.78 is 7.65. The lowest BCUT2D eigenvalue weighted by Gasteiger charge is -2.53. The number of nitrogens with zero attached hydrogens (tertiary/aromatic N) is 6. The molecular weight excluding hydrogens is 432 g/mol. The zero-order valence-corrected chi connectivity index (χ0v) is 19.6. The van der Waals surface area contributed by atoms with Crippen LogP contribution in [0.25, 0.3) is 27.8 Å². The molecule has 176 valence electrons. The van der Waals surface area contributed by atoms with Crippen LogP contribution in [-0.4, -0.2) is 66.6 Å². The fraction of sp³-hybridized carbons (Fsp3) is 0.458. The second-order valence-electron chi connectivity index (χ2n) is 9.67. The minimum atomic E-state index is 0.182. The van der Waals surface area contributed by atoms with E-state index in [1.54, 1.807) is 14.0 Å². The number of rotatable bonds is 4. The third kappa shape index (κ3) is 3.36. The van der Waals surface area contributed by atoms with Gasteiger partial charge in [-0.1, -0.05) is 0 Å². The predicted octanol–water partition coefficient (Wildman–Crippen LogP) is 3.19. The van der Waals surface area contributed by atoms with Crippen LogP contribution in [0.2, 0.25) is 0 Å². The molecule has 1 aliphatic heterocycles. The molecule has 2 aliphatic rings. The number of H-pyrrole nitrogens is 1. The van der Waals surface area contributed by atoms with E-state index in [-0.39, 0.29) is 5.91 Å². The molecule has 4 aromatic heterocycles. The molecule has 0 bridgehead atoms. The fourth-order valence-corrected chi connectivity index (χ4v) is 5.46. The number of aromatic amines is 1. The minimum Gasteiger partial charge on any atom is -0.480 e. The lowest BCUT2D eigenvalue weighted by molar-refractivity contribution is -0.143. The molecule has 10 nitrogen and oxygen atoms in total. The Morgan fingerprint density at radius 1 is 1.21 bits per heavy atom. The van der Waals surface area contributed by atoms with Crippen molar-refractivity contribution in [3.05, 3.63) is 30.4 Å². The van der Waals surface area contributed by atoms with E-state index in [0.717, 1.165) is 72.4 Å². The zero-order valence-electron chi connectivity index (χ0n) is 19.6. The number of nitrogens with one attached hydrogen (secondary N) is 2. The van der Waals surface area contributed by atoms with Gasteiger partial charge >= 0.3 is 0 Å². The standard InChI is InChI=1S/C24H28N8O2/c1-14-29-30-19-5-4-16(11-32(14)19)18-10-25-21-20(18)22(34-3)28-23(27-21)26-17-6-8-24(9-7-17)12-31(13-24)15(2)33/h4-5,10-11,17H,6-9,12-13H2,1-3H3,(H2,25,26,27,28). The van der Waals surface area contributed by atoms with Crippen molar-refractivity contribution in [3.63, 3.8) is 0 Å². The van der Waals surface area contributed by atoms with Crippen molar-refractivity contribution in [2.75, 3.05) is 25.5 Å². The minimum absolute atomic E-state index is 0.182. The summed E-state index contributed by atoms with van der Waals surface area (Å²) >= 11 is 0. The van der Waals surface area contributed by atoms with Crippen LogP contribution in [-0.2, 0) is 4.79 Å². The van der Waals surface area contributed by atoms with Gasteiger partial charge < -0.3 is 19.9 Å². The van der Waals surface area contributed by atoms with E-state index in [4.69, 9.17) is 14.7 Å². The lowest BCUT2D eigenvalue weighted by atomic mass is 9.67. The van der Waals surface area contributed by atoms with Gasteiger partial charge in [-0.15, -0.1) is 10.2 Å². The third-order valence-corrected chi connectivity index (χ3v) is 7.45. The summed E-state index contributed by atoms with van der Waals surface area (Å²) in [5.74, 6) is 2.12. The van der Waals surface area contributed by atoms with Gasteiger partial charge in [0, 0.05) is 55.0 Å². The van der Waals surface area contributed by atoms with E-state index in [1.807, 2.05) is 40.8 Å². The molecular formula is C24H28N8O2. The number of methoxy groups -OCH3 is 1. The van der Waals surface area contributed by atoms with E-state index >= 15 is 0 Å². The summed E-state index contributed by atoms with van der Waals surface area (Å²) in [4.78, 5) is 26.2. The van der Waals surface area contributed by atoms with Crippen molar-refractivity contribution < 1.29 is 9.53 Å². The molecule has 6 rings (SSSR count). The van der Waals surface area contributed by atoms with Crippen LogP contribution < -0.4 is 10.1 Å². The maximum absolute atomic E-state index is 11.6. The molecule has 0 atom stereocenters. The maximum Gasteiger partial charge on any atom is 0.228 e. The summed E-state index contributed by atoms with van der Waals surface area (Å²) in [6.07, 6.45) is 8.28. The molecule has 1 amide bonds. The number of anilines is 1. The Balaban J connectivity index is 1.23. The number of hydrogen-bond donors (Lipinski definition) is 2. The van der Waals surface area contributed by atoms with Gasteiger partial charge in [0.25, 0.3) is 0 Å². The molecule has 1 aliphatic carbocycles. The van der Waals surface area contributed by atoms with Crippen LogP contribution in [0.4, 0.5) is 5.95 Å². The smallest absolute Gasteiger partial charge is 0.228 e. The van der Waals surface area contributed by atoms with Gasteiger partial charge in [0.05, 0.1) is 12.5 Å². The largest absolute Gasteiger partial charge is 0.480 e. The van der Waals surface area contributed by atoms with Crippen LogP contribution in [0.3, 0.4) is 0 Å². The normalized spacial score (nSPS) is 17.9. The summed E-state index contributed by atoms with van der Waals surface area (Å²) in [7, 11) is 1.64. The maximum atomic E-state index is 11.6. The molecule has 1 saturated heterocycles. The molecule has 4 aromatic rings. The number of carbonyl (C=O) groups is 1. The first-order valence-electron chi connectivity index (χ1n) is 11.7. The van der Waals surface area contributed by atoms with Gasteiger partial charge in [0.15, 0.2) is 5.65 Å². The van der Waals surface area contributed by atoms with E-state index < -0.39 is 0 Å². The number of aromatic nitrogens is 6. The zero-order chi connectivity index (χ0) is 23.4. The number of fused-ring (bicyclic) bond motifs is 2. The van der Waals surface area contributed by atoms with Crippen LogP contribution in [0.15, 0.2) is 24.5 Å². The second kappa shape index (κ2) is 7.68. The number of ether oxygens (including phenoxy) is 1. The lowest BCUT2D eigenvalue weighted by Crippen LogP contribution is -2.59. The average molecular weight is 461 g/mol. The molecule has 34 heavy (non-hydrogen) atoms. The van der Waals surface area contributed by atoms with Gasteiger partial charge in [-0.3, -0.25) is 9.20 Å². The number of amides is 1. The Labute approximate surface area is 196 Å². The van der Waals surface area contributed by atoms with Gasteiger partial charge in [0.1, 0.15) is 11.5 Å². The Morgan fingerprint density at radius 3 is 2.74 bits per heavy atom. The van der Waals surface area contributed by atoms with Crippen LogP contribution in [0.1, 0.15) is 38.4 Å². The Morgan fingerprint density at radius 2 is 2.00 bits per heavy atom. The fourth-order valence-electron chi connectivity index (χ4n) is 5.46. The number of pyridine rings is 1. The first-order chi connectivity index (χ1) is 16.4. The van der Waals surface area contributed by atoms with Gasteiger partial charge in [0.2, 0.25) is 17.7 Å². The van der Waals surface area contributed by atoms with Crippen molar-refractivity contribution in [2.24, 2.45) is 5.41 Å². The van der Waals surface area contributed by atoms with Gasteiger partial charge in [-0.05, 0) is 44.7 Å². The van der Waals surface area contributed by atoms with Crippen molar-refractivity contribution in [1.82, 2.24) is 34.4 Å². The third-order valence-electron chi connectivity index (χ3n) is 7.45. The summed E-state index contributed by atoms with van der Waals surface area (Å²) in [6, 6.07) is 4.28. The molecule has 1 spiro atoms. The predicted molar refractivity (Wildman–Crippen MR) is 128 cm³/mol. The highest BCUT2D eigenvalue weighted by Gasteiger charge is 2.46. The van der Waals surface area contributed by atoms with Gasteiger partial charge in [-0.2, -0.15) is 9.97 Å². The van der Waals surface area contributed by atoms with E-state index in [1.165, 1.54) is 0 Å². The number of hydrogen-bond acceptors (Lipinski definition) is 7. The highest BCUT2D eigenvalue weighted by Crippen LogP contribution is 2.44. The Bertz CT molecular complexity index is 1390. The van der Waals surface area contributed by atoms with E-state index in [9.17, 15) is 4.79 Å². The molecule has 10 heteroatoms. The summed E-state index contributed by atoms with van der Waals surface area (Å²) in [5.41, 5.74) is 3.81. The molecule has 0 unspecified atom stereocenters. The SMILES string of the molecule is COc1nc(NC2CCC3(CC2)CN(C(C)=O)C3)nc2[nH]cc(-c3ccc4nnc(C)n4c3)c12. The molecule has 1 saturated carbocycles. The highest BCUT2D eigenvalue weighted by molar-refractivity contribution is 5.97. The number of likely N-dealkylation sites (tertiary alicyclic amines) is 1. The monoisotopic (exact) mass is 460 g/mol. The van der Waals surface area contributed by atoms with Crippen molar-refractivity contribution in [2.45, 2.75) is 45.6 Å². The molecule has 2 fully saturated rings. The van der Waals surface area contributed by atoms with Crippen molar-refractivity contribution >= 4 is 28.5 Å². The van der Waals surface area contributed by atoms with Gasteiger partial charge in [-0.25, -0.2) is 0 Å². The second-order valence-corrected chi connectivity index (χ2v) is 9.67. The molecule has 0 radical (unpaired) electrons. The quantitative estimate of drug-likeness (QED) is 0.481.